The third-order valence-electron chi connectivity index (χ3n) is 5.84. The highest BCUT2D eigenvalue weighted by Crippen LogP contribution is 2.35. The van der Waals surface area contributed by atoms with Crippen molar-refractivity contribution in [2.75, 3.05) is 25.1 Å². The summed E-state index contributed by atoms with van der Waals surface area (Å²) in [5.74, 6) is 0.868. The van der Waals surface area contributed by atoms with E-state index in [0.29, 0.717) is 26.1 Å². The van der Waals surface area contributed by atoms with Crippen LogP contribution < -0.4 is 9.64 Å². The van der Waals surface area contributed by atoms with E-state index in [1.54, 1.807) is 7.11 Å². The molecule has 0 unspecified atom stereocenters. The first-order valence-electron chi connectivity index (χ1n) is 10.5. The third-order valence-corrected chi connectivity index (χ3v) is 5.84. The Bertz CT molecular complexity index is 915. The summed E-state index contributed by atoms with van der Waals surface area (Å²) in [7, 11) is 1.69. The van der Waals surface area contributed by atoms with Crippen molar-refractivity contribution >= 4 is 5.69 Å². The van der Waals surface area contributed by atoms with E-state index in [2.05, 4.69) is 29.2 Å². The maximum absolute atomic E-state index is 11.2. The molecule has 1 N–H and O–H groups in total. The number of hydrogen-bond donors (Lipinski definition) is 1. The average molecular weight is 404 g/mol. The molecule has 0 saturated carbocycles. The van der Waals surface area contributed by atoms with Crippen LogP contribution in [0, 0.1) is 0 Å². The topological polar surface area (TPSA) is 41.9 Å². The first-order chi connectivity index (χ1) is 14.7. The molecule has 0 radical (unpaired) electrons. The van der Waals surface area contributed by atoms with Crippen molar-refractivity contribution in [1.29, 1.82) is 0 Å². The second-order valence-corrected chi connectivity index (χ2v) is 7.92. The van der Waals surface area contributed by atoms with Gasteiger partial charge in [-0.3, -0.25) is 0 Å². The lowest BCUT2D eigenvalue weighted by Gasteiger charge is -2.39. The predicted octanol–water partition coefficient (Wildman–Crippen LogP) is 4.90. The van der Waals surface area contributed by atoms with Crippen molar-refractivity contribution in [2.24, 2.45) is 0 Å². The van der Waals surface area contributed by atoms with E-state index in [1.807, 2.05) is 54.6 Å². The smallest absolute Gasteiger partial charge is 0.119 e. The Morgan fingerprint density at radius 1 is 0.800 bits per heavy atom. The van der Waals surface area contributed by atoms with Gasteiger partial charge in [-0.2, -0.15) is 0 Å². The largest absolute Gasteiger partial charge is 0.489 e. The fourth-order valence-corrected chi connectivity index (χ4v) is 4.00. The number of benzene rings is 3. The molecule has 1 fully saturated rings. The molecule has 0 bridgehead atoms. The van der Waals surface area contributed by atoms with Crippen molar-refractivity contribution < 1.29 is 14.6 Å². The van der Waals surface area contributed by atoms with E-state index in [-0.39, 0.29) is 0 Å². The fraction of sp³-hybridized carbons (Fsp3) is 0.308. The highest BCUT2D eigenvalue weighted by molar-refractivity contribution is 5.50. The molecular weight excluding hydrogens is 374 g/mol. The monoisotopic (exact) mass is 403 g/mol. The fourth-order valence-electron chi connectivity index (χ4n) is 4.00. The summed E-state index contributed by atoms with van der Waals surface area (Å²) in [5, 5.41) is 11.2. The lowest BCUT2D eigenvalue weighted by Crippen LogP contribution is -2.42. The molecule has 1 saturated heterocycles. The maximum atomic E-state index is 11.2. The van der Waals surface area contributed by atoms with Crippen LogP contribution in [0.25, 0.3) is 0 Å². The van der Waals surface area contributed by atoms with E-state index < -0.39 is 5.60 Å². The second kappa shape index (κ2) is 9.33. The van der Waals surface area contributed by atoms with E-state index in [9.17, 15) is 5.11 Å². The first kappa shape index (κ1) is 20.5. The number of hydrogen-bond acceptors (Lipinski definition) is 4. The lowest BCUT2D eigenvalue weighted by molar-refractivity contribution is 0.0117. The van der Waals surface area contributed by atoms with Gasteiger partial charge in [0.25, 0.3) is 0 Å². The standard InChI is InChI=1S/C26H29NO3/c1-29-19-22-7-9-23(10-8-22)26(28)15-17-27(18-16-26)24-11-13-25(14-12-24)30-20-21-5-3-2-4-6-21/h2-14,28H,15-20H2,1H3. The molecule has 0 aromatic heterocycles. The van der Waals surface area contributed by atoms with Crippen molar-refractivity contribution in [3.05, 3.63) is 95.6 Å². The number of methoxy groups -OCH3 is 1. The number of piperidine rings is 1. The van der Waals surface area contributed by atoms with Crippen LogP contribution in [0.15, 0.2) is 78.9 Å². The van der Waals surface area contributed by atoms with Crippen LogP contribution in [0.2, 0.25) is 0 Å². The maximum Gasteiger partial charge on any atom is 0.119 e. The molecule has 4 heteroatoms. The van der Waals surface area contributed by atoms with Gasteiger partial charge in [-0.25, -0.2) is 0 Å². The van der Waals surface area contributed by atoms with E-state index >= 15 is 0 Å². The molecule has 0 spiro atoms. The van der Waals surface area contributed by atoms with E-state index in [1.165, 1.54) is 5.69 Å². The Morgan fingerprint density at radius 3 is 2.07 bits per heavy atom. The lowest BCUT2D eigenvalue weighted by atomic mass is 9.84. The molecule has 1 aliphatic heterocycles. The van der Waals surface area contributed by atoms with Gasteiger partial charge in [-0.15, -0.1) is 0 Å². The number of ether oxygens (including phenoxy) is 2. The molecule has 0 amide bonds. The Balaban J connectivity index is 1.33. The van der Waals surface area contributed by atoms with Gasteiger partial charge in [0, 0.05) is 25.9 Å². The Morgan fingerprint density at radius 2 is 1.43 bits per heavy atom. The highest BCUT2D eigenvalue weighted by atomic mass is 16.5. The zero-order valence-electron chi connectivity index (χ0n) is 17.5. The minimum atomic E-state index is -0.763. The Labute approximate surface area is 178 Å². The van der Waals surface area contributed by atoms with Gasteiger partial charge < -0.3 is 19.5 Å². The quantitative estimate of drug-likeness (QED) is 0.609. The summed E-state index contributed by atoms with van der Waals surface area (Å²) in [4.78, 5) is 2.33. The molecule has 4 rings (SSSR count). The van der Waals surface area contributed by atoms with Crippen LogP contribution in [-0.4, -0.2) is 25.3 Å². The van der Waals surface area contributed by atoms with Crippen LogP contribution in [0.3, 0.4) is 0 Å². The molecule has 156 valence electrons. The van der Waals surface area contributed by atoms with Crippen LogP contribution in [0.1, 0.15) is 29.5 Å². The molecule has 0 aliphatic carbocycles. The molecule has 3 aromatic rings. The SMILES string of the molecule is COCc1ccc(C2(O)CCN(c3ccc(OCc4ccccc4)cc3)CC2)cc1. The van der Waals surface area contributed by atoms with Gasteiger partial charge in [0.1, 0.15) is 12.4 Å². The van der Waals surface area contributed by atoms with Crippen LogP contribution in [0.5, 0.6) is 5.75 Å². The van der Waals surface area contributed by atoms with E-state index in [0.717, 1.165) is 35.5 Å². The molecule has 3 aromatic carbocycles. The van der Waals surface area contributed by atoms with Crippen molar-refractivity contribution in [1.82, 2.24) is 0 Å². The zero-order chi connectivity index (χ0) is 20.8. The summed E-state index contributed by atoms with van der Waals surface area (Å²) in [5.41, 5.74) is 3.68. The summed E-state index contributed by atoms with van der Waals surface area (Å²) >= 11 is 0. The summed E-state index contributed by atoms with van der Waals surface area (Å²) in [6.07, 6.45) is 1.42. The van der Waals surface area contributed by atoms with Crippen molar-refractivity contribution in [3.8, 4) is 5.75 Å². The van der Waals surface area contributed by atoms with Crippen LogP contribution >= 0.6 is 0 Å². The Kier molecular flexibility index (Phi) is 6.36. The van der Waals surface area contributed by atoms with Gasteiger partial charge in [-0.05, 0) is 53.8 Å². The molecule has 1 aliphatic rings. The number of aliphatic hydroxyl groups is 1. The molecule has 4 nitrogen and oxygen atoms in total. The van der Waals surface area contributed by atoms with Crippen LogP contribution in [0.4, 0.5) is 5.69 Å². The Hall–Kier alpha value is -2.82. The van der Waals surface area contributed by atoms with Gasteiger partial charge in [0.05, 0.1) is 12.2 Å². The van der Waals surface area contributed by atoms with Gasteiger partial charge >= 0.3 is 0 Å². The predicted molar refractivity (Wildman–Crippen MR) is 120 cm³/mol. The number of anilines is 1. The molecular formula is C26H29NO3. The van der Waals surface area contributed by atoms with Crippen molar-refractivity contribution in [3.63, 3.8) is 0 Å². The summed E-state index contributed by atoms with van der Waals surface area (Å²) in [6.45, 7) is 2.80. The molecule has 30 heavy (non-hydrogen) atoms. The zero-order valence-corrected chi connectivity index (χ0v) is 17.5. The third kappa shape index (κ3) is 4.84. The molecule has 0 atom stereocenters. The number of rotatable bonds is 7. The summed E-state index contributed by atoms with van der Waals surface area (Å²) < 4.78 is 11.1. The minimum Gasteiger partial charge on any atom is -0.489 e. The highest BCUT2D eigenvalue weighted by Gasteiger charge is 2.34. The summed E-state index contributed by atoms with van der Waals surface area (Å²) in [6, 6.07) is 26.6. The average Bonchev–Trinajstić information content (AvgIpc) is 2.80. The molecule has 1 heterocycles. The first-order valence-corrected chi connectivity index (χ1v) is 10.5. The van der Waals surface area contributed by atoms with Crippen molar-refractivity contribution in [2.45, 2.75) is 31.7 Å². The minimum absolute atomic E-state index is 0.570. The van der Waals surface area contributed by atoms with Gasteiger partial charge in [-0.1, -0.05) is 54.6 Å². The second-order valence-electron chi connectivity index (χ2n) is 7.92. The number of nitrogens with zero attached hydrogens (tertiary/aromatic N) is 1. The van der Waals surface area contributed by atoms with Crippen LogP contribution in [-0.2, 0) is 23.6 Å². The van der Waals surface area contributed by atoms with Gasteiger partial charge in [0.15, 0.2) is 0 Å². The van der Waals surface area contributed by atoms with E-state index in [4.69, 9.17) is 9.47 Å². The van der Waals surface area contributed by atoms with Gasteiger partial charge in [0.2, 0.25) is 0 Å². The normalized spacial score (nSPS) is 15.7.